The van der Waals surface area contributed by atoms with Crippen molar-refractivity contribution in [2.75, 3.05) is 19.7 Å². The molecule has 3 rings (SSSR count). The number of amides is 1. The predicted octanol–water partition coefficient (Wildman–Crippen LogP) is 2.42. The van der Waals surface area contributed by atoms with Crippen molar-refractivity contribution in [3.05, 3.63) is 29.8 Å². The number of sulfonamides is 1. The van der Waals surface area contributed by atoms with Crippen molar-refractivity contribution in [3.8, 4) is 0 Å². The highest BCUT2D eigenvalue weighted by molar-refractivity contribution is 7.89. The van der Waals surface area contributed by atoms with E-state index in [1.807, 2.05) is 6.92 Å². The number of piperidine rings is 1. The highest BCUT2D eigenvalue weighted by Gasteiger charge is 2.32. The molecule has 8 heteroatoms. The first-order chi connectivity index (χ1) is 13.7. The summed E-state index contributed by atoms with van der Waals surface area (Å²) in [6.07, 6.45) is 3.25. The highest BCUT2D eigenvalue weighted by atomic mass is 32.2. The molecule has 1 heterocycles. The number of hydrogen-bond donors (Lipinski definition) is 1. The molecule has 2 fully saturated rings. The number of carbonyl (C=O) groups excluding carboxylic acids is 2. The third kappa shape index (κ3) is 5.57. The Hall–Kier alpha value is -1.93. The van der Waals surface area contributed by atoms with Gasteiger partial charge in [-0.15, -0.1) is 0 Å². The molecule has 160 valence electrons. The van der Waals surface area contributed by atoms with Gasteiger partial charge in [-0.2, -0.15) is 4.31 Å². The maximum Gasteiger partial charge on any atom is 0.338 e. The van der Waals surface area contributed by atoms with E-state index in [1.54, 1.807) is 0 Å². The second kappa shape index (κ2) is 8.83. The Morgan fingerprint density at radius 2 is 1.72 bits per heavy atom. The van der Waals surface area contributed by atoms with Gasteiger partial charge < -0.3 is 10.1 Å². The van der Waals surface area contributed by atoms with Gasteiger partial charge in [0.2, 0.25) is 10.0 Å². The van der Waals surface area contributed by atoms with Crippen LogP contribution in [0.15, 0.2) is 29.2 Å². The van der Waals surface area contributed by atoms with Crippen molar-refractivity contribution in [1.29, 1.82) is 0 Å². The Balaban J connectivity index is 1.57. The molecule has 1 saturated heterocycles. The topological polar surface area (TPSA) is 92.8 Å². The molecule has 0 spiro atoms. The third-order valence-electron chi connectivity index (χ3n) is 5.62. The van der Waals surface area contributed by atoms with Gasteiger partial charge in [0.25, 0.3) is 5.91 Å². The molecule has 0 unspecified atom stereocenters. The Morgan fingerprint density at radius 3 is 2.28 bits per heavy atom. The molecule has 0 bridgehead atoms. The van der Waals surface area contributed by atoms with Gasteiger partial charge in [-0.1, -0.05) is 13.8 Å². The average Bonchev–Trinajstić information content (AvgIpc) is 3.51. The Bertz CT molecular complexity index is 838. The van der Waals surface area contributed by atoms with Crippen LogP contribution in [0.4, 0.5) is 0 Å². The number of ether oxygens (including phenoxy) is 1. The maximum absolute atomic E-state index is 12.9. The van der Waals surface area contributed by atoms with Crippen molar-refractivity contribution < 1.29 is 22.7 Å². The molecule has 0 radical (unpaired) electrons. The van der Waals surface area contributed by atoms with Gasteiger partial charge in [-0.25, -0.2) is 13.2 Å². The van der Waals surface area contributed by atoms with E-state index in [1.165, 1.54) is 28.6 Å². The number of nitrogens with one attached hydrogen (secondary N) is 1. The molecule has 0 aromatic heterocycles. The fourth-order valence-corrected chi connectivity index (χ4v) is 5.62. The SMILES string of the molecule is C[C@@H]1C[C@@H](C)CN(S(=O)(=O)c2ccc(C(=O)OCC(=O)N[C@@H](C)C3CC3)cc2)C1. The van der Waals surface area contributed by atoms with Crippen LogP contribution in [0, 0.1) is 17.8 Å². The van der Waals surface area contributed by atoms with Crippen LogP contribution in [0.3, 0.4) is 0 Å². The van der Waals surface area contributed by atoms with Crippen LogP contribution in [0.2, 0.25) is 0 Å². The maximum atomic E-state index is 12.9. The summed E-state index contributed by atoms with van der Waals surface area (Å²) in [5.41, 5.74) is 0.215. The fourth-order valence-electron chi connectivity index (χ4n) is 3.94. The van der Waals surface area contributed by atoms with E-state index in [0.717, 1.165) is 19.3 Å². The molecular formula is C21H30N2O5S. The lowest BCUT2D eigenvalue weighted by molar-refractivity contribution is -0.124. The van der Waals surface area contributed by atoms with Crippen molar-refractivity contribution in [3.63, 3.8) is 0 Å². The summed E-state index contributed by atoms with van der Waals surface area (Å²) in [5, 5.41) is 2.82. The van der Waals surface area contributed by atoms with Crippen LogP contribution in [0.1, 0.15) is 50.4 Å². The lowest BCUT2D eigenvalue weighted by Gasteiger charge is -2.34. The van der Waals surface area contributed by atoms with Crippen LogP contribution in [-0.2, 0) is 19.6 Å². The first-order valence-corrected chi connectivity index (χ1v) is 11.7. The molecular weight excluding hydrogens is 392 g/mol. The van der Waals surface area contributed by atoms with E-state index in [0.29, 0.717) is 30.8 Å². The lowest BCUT2D eigenvalue weighted by Crippen LogP contribution is -2.42. The number of nitrogens with zero attached hydrogens (tertiary/aromatic N) is 1. The summed E-state index contributed by atoms with van der Waals surface area (Å²) < 4.78 is 32.4. The first-order valence-electron chi connectivity index (χ1n) is 10.2. The smallest absolute Gasteiger partial charge is 0.338 e. The van der Waals surface area contributed by atoms with Crippen molar-refractivity contribution in [2.24, 2.45) is 17.8 Å². The van der Waals surface area contributed by atoms with Crippen LogP contribution in [-0.4, -0.2) is 50.3 Å². The minimum absolute atomic E-state index is 0.0888. The zero-order chi connectivity index (χ0) is 21.2. The number of esters is 1. The zero-order valence-corrected chi connectivity index (χ0v) is 18.1. The number of carbonyl (C=O) groups is 2. The normalized spacial score (nSPS) is 24.0. The molecule has 1 aliphatic carbocycles. The lowest BCUT2D eigenvalue weighted by atomic mass is 9.94. The van der Waals surface area contributed by atoms with E-state index >= 15 is 0 Å². The second-order valence-corrected chi connectivity index (χ2v) is 10.5. The molecule has 7 nitrogen and oxygen atoms in total. The monoisotopic (exact) mass is 422 g/mol. The van der Waals surface area contributed by atoms with Crippen LogP contribution in [0.25, 0.3) is 0 Å². The Labute approximate surface area is 172 Å². The number of rotatable bonds is 7. The molecule has 3 atom stereocenters. The largest absolute Gasteiger partial charge is 0.452 e. The summed E-state index contributed by atoms with van der Waals surface area (Å²) in [7, 11) is -3.59. The van der Waals surface area contributed by atoms with E-state index < -0.39 is 16.0 Å². The summed E-state index contributed by atoms with van der Waals surface area (Å²) in [6.45, 7) is 6.72. The van der Waals surface area contributed by atoms with Gasteiger partial charge in [0.15, 0.2) is 6.61 Å². The number of hydrogen-bond acceptors (Lipinski definition) is 5. The molecule has 1 N–H and O–H groups in total. The molecule has 1 amide bonds. The van der Waals surface area contributed by atoms with Gasteiger partial charge in [-0.3, -0.25) is 4.79 Å². The van der Waals surface area contributed by atoms with E-state index in [2.05, 4.69) is 19.2 Å². The van der Waals surface area contributed by atoms with Crippen LogP contribution in [0.5, 0.6) is 0 Å². The second-order valence-electron chi connectivity index (χ2n) is 8.56. The van der Waals surface area contributed by atoms with E-state index in [-0.39, 0.29) is 29.0 Å². The predicted molar refractivity (Wildman–Crippen MR) is 109 cm³/mol. The quantitative estimate of drug-likeness (QED) is 0.681. The van der Waals surface area contributed by atoms with Gasteiger partial charge in [0.1, 0.15) is 0 Å². The molecule has 29 heavy (non-hydrogen) atoms. The average molecular weight is 423 g/mol. The summed E-state index contributed by atoms with van der Waals surface area (Å²) in [5.74, 6) is 0.178. The van der Waals surface area contributed by atoms with Crippen molar-refractivity contribution in [2.45, 2.75) is 51.0 Å². The number of benzene rings is 1. The first kappa shape index (κ1) is 21.8. The van der Waals surface area contributed by atoms with Crippen LogP contribution >= 0.6 is 0 Å². The molecule has 1 aromatic rings. The van der Waals surface area contributed by atoms with Crippen LogP contribution < -0.4 is 5.32 Å². The summed E-state index contributed by atoms with van der Waals surface area (Å²) in [6, 6.07) is 5.79. The zero-order valence-electron chi connectivity index (χ0n) is 17.3. The Morgan fingerprint density at radius 1 is 1.14 bits per heavy atom. The van der Waals surface area contributed by atoms with Crippen molar-refractivity contribution in [1.82, 2.24) is 9.62 Å². The molecule has 1 aliphatic heterocycles. The van der Waals surface area contributed by atoms with Gasteiger partial charge in [0, 0.05) is 19.1 Å². The van der Waals surface area contributed by atoms with E-state index in [9.17, 15) is 18.0 Å². The highest BCUT2D eigenvalue weighted by Crippen LogP contribution is 2.32. The van der Waals surface area contributed by atoms with Gasteiger partial charge >= 0.3 is 5.97 Å². The Kier molecular flexibility index (Phi) is 6.63. The van der Waals surface area contributed by atoms with Gasteiger partial charge in [-0.05, 0) is 68.2 Å². The minimum Gasteiger partial charge on any atom is -0.452 e. The summed E-state index contributed by atoms with van der Waals surface area (Å²) >= 11 is 0. The molecule has 1 saturated carbocycles. The van der Waals surface area contributed by atoms with E-state index in [4.69, 9.17) is 4.74 Å². The minimum atomic E-state index is -3.59. The molecule has 2 aliphatic rings. The third-order valence-corrected chi connectivity index (χ3v) is 7.46. The standard InChI is InChI=1S/C21H30N2O5S/c1-14-10-15(2)12-23(11-14)29(26,27)19-8-6-18(7-9-19)21(25)28-13-20(24)22-16(3)17-4-5-17/h6-9,14-17H,4-5,10-13H2,1-3H3,(H,22,24)/t14-,15-,16+/m1/s1. The summed E-state index contributed by atoms with van der Waals surface area (Å²) in [4.78, 5) is 24.2. The fraction of sp³-hybridized carbons (Fsp3) is 0.619. The van der Waals surface area contributed by atoms with Gasteiger partial charge in [0.05, 0.1) is 10.5 Å². The molecule has 1 aromatic carbocycles. The van der Waals surface area contributed by atoms with Crippen molar-refractivity contribution >= 4 is 21.9 Å².